The highest BCUT2D eigenvalue weighted by Gasteiger charge is 2.06. The summed E-state index contributed by atoms with van der Waals surface area (Å²) in [5.41, 5.74) is 3.84. The van der Waals surface area contributed by atoms with Crippen LogP contribution < -0.4 is 10.2 Å². The molecule has 7 nitrogen and oxygen atoms in total. The molecule has 7 heteroatoms. The van der Waals surface area contributed by atoms with Gasteiger partial charge in [0.2, 0.25) is 0 Å². The second-order valence-corrected chi connectivity index (χ2v) is 4.30. The van der Waals surface area contributed by atoms with Crippen LogP contribution in [0.1, 0.15) is 12.5 Å². The first-order chi connectivity index (χ1) is 10.6. The molecule has 0 unspecified atom stereocenters. The van der Waals surface area contributed by atoms with E-state index in [1.165, 1.54) is 18.3 Å². The van der Waals surface area contributed by atoms with E-state index in [2.05, 4.69) is 10.5 Å². The van der Waals surface area contributed by atoms with Crippen molar-refractivity contribution in [1.82, 2.24) is 0 Å². The smallest absolute Gasteiger partial charge is 0.269 e. The largest absolute Gasteiger partial charge is 0.504 e. The molecule has 114 valence electrons. The van der Waals surface area contributed by atoms with Gasteiger partial charge in [0.15, 0.2) is 11.5 Å². The van der Waals surface area contributed by atoms with Gasteiger partial charge in [0.05, 0.1) is 23.4 Å². The molecule has 0 aliphatic rings. The molecule has 0 amide bonds. The number of nitro groups is 1. The minimum atomic E-state index is -0.468. The molecule has 0 aliphatic heterocycles. The number of hydrazone groups is 1. The fourth-order valence-electron chi connectivity index (χ4n) is 1.75. The molecule has 0 aromatic heterocycles. The maximum atomic E-state index is 10.5. The number of ether oxygens (including phenoxy) is 1. The topological polar surface area (TPSA) is 97.0 Å². The monoisotopic (exact) mass is 301 g/mol. The van der Waals surface area contributed by atoms with Crippen molar-refractivity contribution in [3.05, 3.63) is 58.1 Å². The van der Waals surface area contributed by atoms with Crippen molar-refractivity contribution in [2.75, 3.05) is 12.0 Å². The van der Waals surface area contributed by atoms with Gasteiger partial charge in [-0.05, 0) is 31.2 Å². The lowest BCUT2D eigenvalue weighted by atomic mass is 10.2. The van der Waals surface area contributed by atoms with E-state index >= 15 is 0 Å². The fourth-order valence-corrected chi connectivity index (χ4v) is 1.75. The predicted molar refractivity (Wildman–Crippen MR) is 83.6 cm³/mol. The first-order valence-electron chi connectivity index (χ1n) is 6.60. The summed E-state index contributed by atoms with van der Waals surface area (Å²) in [4.78, 5) is 10.1. The lowest BCUT2D eigenvalue weighted by Gasteiger charge is -2.07. The number of benzene rings is 2. The Kier molecular flexibility index (Phi) is 4.92. The van der Waals surface area contributed by atoms with Crippen LogP contribution in [-0.4, -0.2) is 22.9 Å². The summed E-state index contributed by atoms with van der Waals surface area (Å²) in [5, 5.41) is 24.5. The normalized spacial score (nSPS) is 10.6. The number of para-hydroxylation sites is 1. The average molecular weight is 301 g/mol. The standard InChI is InChI=1S/C15H15N3O4/c1-2-22-14-5-3-4-11(15(14)19)10-16-17-12-6-8-13(9-7-12)18(20)21/h3-10,17,19H,2H2,1H3/b16-10+. The van der Waals surface area contributed by atoms with E-state index in [1.54, 1.807) is 30.3 Å². The van der Waals surface area contributed by atoms with Gasteiger partial charge in [-0.1, -0.05) is 6.07 Å². The molecule has 2 aromatic carbocycles. The Morgan fingerprint density at radius 3 is 2.68 bits per heavy atom. The lowest BCUT2D eigenvalue weighted by Crippen LogP contribution is -1.95. The van der Waals surface area contributed by atoms with Crippen LogP contribution in [0.25, 0.3) is 0 Å². The number of aromatic hydroxyl groups is 1. The van der Waals surface area contributed by atoms with Crippen LogP contribution in [-0.2, 0) is 0 Å². The predicted octanol–water partition coefficient (Wildman–Crippen LogP) is 3.15. The van der Waals surface area contributed by atoms with Crippen molar-refractivity contribution in [1.29, 1.82) is 0 Å². The molecule has 2 N–H and O–H groups in total. The van der Waals surface area contributed by atoms with Gasteiger partial charge >= 0.3 is 0 Å². The van der Waals surface area contributed by atoms with Gasteiger partial charge in [-0.25, -0.2) is 0 Å². The molecule has 2 rings (SSSR count). The Morgan fingerprint density at radius 1 is 1.32 bits per heavy atom. The number of hydrogen-bond donors (Lipinski definition) is 2. The fraction of sp³-hybridized carbons (Fsp3) is 0.133. The maximum absolute atomic E-state index is 10.5. The Morgan fingerprint density at radius 2 is 2.05 bits per heavy atom. The molecule has 0 saturated heterocycles. The van der Waals surface area contributed by atoms with Crippen LogP contribution in [0.2, 0.25) is 0 Å². The number of non-ortho nitro benzene ring substituents is 1. The molecule has 0 heterocycles. The zero-order valence-corrected chi connectivity index (χ0v) is 11.9. The highest BCUT2D eigenvalue weighted by molar-refractivity contribution is 5.85. The van der Waals surface area contributed by atoms with Crippen LogP contribution in [0.5, 0.6) is 11.5 Å². The molecule has 0 spiro atoms. The number of nitrogens with zero attached hydrogens (tertiary/aromatic N) is 2. The van der Waals surface area contributed by atoms with Gasteiger partial charge < -0.3 is 9.84 Å². The number of phenolic OH excluding ortho intramolecular Hbond substituents is 1. The number of rotatable bonds is 6. The molecule has 0 fully saturated rings. The number of anilines is 1. The molecule has 22 heavy (non-hydrogen) atoms. The second-order valence-electron chi connectivity index (χ2n) is 4.30. The quantitative estimate of drug-likeness (QED) is 0.485. The summed E-state index contributed by atoms with van der Waals surface area (Å²) < 4.78 is 5.28. The maximum Gasteiger partial charge on any atom is 0.269 e. The molecule has 0 radical (unpaired) electrons. The molecular weight excluding hydrogens is 286 g/mol. The SMILES string of the molecule is CCOc1cccc(/C=N/Nc2ccc([N+](=O)[O-])cc2)c1O. The van der Waals surface area contributed by atoms with E-state index in [1.807, 2.05) is 6.92 Å². The Labute approximate surface area is 127 Å². The molecular formula is C15H15N3O4. The summed E-state index contributed by atoms with van der Waals surface area (Å²) in [6.07, 6.45) is 1.44. The summed E-state index contributed by atoms with van der Waals surface area (Å²) in [6.45, 7) is 2.28. The summed E-state index contributed by atoms with van der Waals surface area (Å²) in [6, 6.07) is 11.0. The lowest BCUT2D eigenvalue weighted by molar-refractivity contribution is -0.384. The number of phenols is 1. The third kappa shape index (κ3) is 3.72. The van der Waals surface area contributed by atoms with Crippen molar-refractivity contribution in [3.63, 3.8) is 0 Å². The highest BCUT2D eigenvalue weighted by atomic mass is 16.6. The highest BCUT2D eigenvalue weighted by Crippen LogP contribution is 2.28. The van der Waals surface area contributed by atoms with Crippen LogP contribution in [0.4, 0.5) is 11.4 Å². The van der Waals surface area contributed by atoms with E-state index in [4.69, 9.17) is 4.74 Å². The Balaban J connectivity index is 2.06. The molecule has 0 saturated carbocycles. The van der Waals surface area contributed by atoms with E-state index in [0.29, 0.717) is 23.6 Å². The first kappa shape index (κ1) is 15.3. The van der Waals surface area contributed by atoms with Gasteiger partial charge in [-0.2, -0.15) is 5.10 Å². The summed E-state index contributed by atoms with van der Waals surface area (Å²) in [7, 11) is 0. The van der Waals surface area contributed by atoms with Crippen molar-refractivity contribution >= 4 is 17.6 Å². The van der Waals surface area contributed by atoms with Gasteiger partial charge in [-0.15, -0.1) is 0 Å². The molecule has 2 aromatic rings. The number of nitrogens with one attached hydrogen (secondary N) is 1. The Bertz CT molecular complexity index is 684. The van der Waals surface area contributed by atoms with Crippen LogP contribution in [0.3, 0.4) is 0 Å². The molecule has 0 atom stereocenters. The van der Waals surface area contributed by atoms with E-state index < -0.39 is 4.92 Å². The summed E-state index contributed by atoms with van der Waals surface area (Å²) >= 11 is 0. The second kappa shape index (κ2) is 7.07. The zero-order chi connectivity index (χ0) is 15.9. The zero-order valence-electron chi connectivity index (χ0n) is 11.9. The van der Waals surface area contributed by atoms with Gasteiger partial charge in [0, 0.05) is 17.7 Å². The molecule has 0 bridgehead atoms. The van der Waals surface area contributed by atoms with E-state index in [0.717, 1.165) is 0 Å². The van der Waals surface area contributed by atoms with Crippen molar-refractivity contribution in [3.8, 4) is 11.5 Å². The van der Waals surface area contributed by atoms with Crippen molar-refractivity contribution in [2.45, 2.75) is 6.92 Å². The third-order valence-electron chi connectivity index (χ3n) is 2.81. The van der Waals surface area contributed by atoms with Crippen molar-refractivity contribution < 1.29 is 14.8 Å². The van der Waals surface area contributed by atoms with E-state index in [9.17, 15) is 15.2 Å². The van der Waals surface area contributed by atoms with Gasteiger partial charge in [0.1, 0.15) is 0 Å². The van der Waals surface area contributed by atoms with Crippen LogP contribution in [0.15, 0.2) is 47.6 Å². The third-order valence-corrected chi connectivity index (χ3v) is 2.81. The minimum absolute atomic E-state index is 0.0107. The van der Waals surface area contributed by atoms with Crippen LogP contribution >= 0.6 is 0 Å². The van der Waals surface area contributed by atoms with Crippen molar-refractivity contribution in [2.24, 2.45) is 5.10 Å². The van der Waals surface area contributed by atoms with Gasteiger partial charge in [-0.3, -0.25) is 15.5 Å². The minimum Gasteiger partial charge on any atom is -0.504 e. The number of hydrogen-bond acceptors (Lipinski definition) is 6. The number of nitro benzene ring substituents is 1. The molecule has 0 aliphatic carbocycles. The van der Waals surface area contributed by atoms with Gasteiger partial charge in [0.25, 0.3) is 5.69 Å². The van der Waals surface area contributed by atoms with E-state index in [-0.39, 0.29) is 11.4 Å². The summed E-state index contributed by atoms with van der Waals surface area (Å²) in [5.74, 6) is 0.403. The first-order valence-corrected chi connectivity index (χ1v) is 6.60. The Hall–Kier alpha value is -3.09. The van der Waals surface area contributed by atoms with Crippen LogP contribution in [0, 0.1) is 10.1 Å². The average Bonchev–Trinajstić information content (AvgIpc) is 2.51.